The molecule has 2 rings (SSSR count). The quantitative estimate of drug-likeness (QED) is 0.642. The molecule has 120 valence electrons. The van der Waals surface area contributed by atoms with Gasteiger partial charge in [0.25, 0.3) is 5.69 Å². The summed E-state index contributed by atoms with van der Waals surface area (Å²) in [4.78, 5) is 22.0. The number of nitro groups is 1. The second-order valence-electron chi connectivity index (χ2n) is 4.98. The average molecular weight is 334 g/mol. The number of aryl methyl sites for hydroxylation is 1. The van der Waals surface area contributed by atoms with E-state index in [0.717, 1.165) is 5.56 Å². The van der Waals surface area contributed by atoms with Crippen LogP contribution in [0.5, 0.6) is 0 Å². The van der Waals surface area contributed by atoms with Gasteiger partial charge in [0.1, 0.15) is 5.02 Å². The topological polar surface area (TPSA) is 84.3 Å². The number of anilines is 1. The first-order chi connectivity index (χ1) is 11.0. The summed E-state index contributed by atoms with van der Waals surface area (Å²) in [6, 6.07) is 11.6. The molecule has 0 saturated heterocycles. The van der Waals surface area contributed by atoms with Gasteiger partial charge in [0.15, 0.2) is 0 Å². The number of nitro benzene ring substituents is 1. The van der Waals surface area contributed by atoms with Gasteiger partial charge in [-0.05, 0) is 36.6 Å². The van der Waals surface area contributed by atoms with Crippen LogP contribution in [0.3, 0.4) is 0 Å². The Morgan fingerprint density at radius 2 is 2.00 bits per heavy atom. The maximum Gasteiger partial charge on any atom is 0.319 e. The molecule has 0 aliphatic heterocycles. The molecule has 0 aliphatic carbocycles. The number of hydrogen-bond acceptors (Lipinski definition) is 3. The van der Waals surface area contributed by atoms with E-state index in [1.807, 2.05) is 31.2 Å². The normalized spacial score (nSPS) is 10.2. The van der Waals surface area contributed by atoms with Crippen LogP contribution in [-0.2, 0) is 6.42 Å². The van der Waals surface area contributed by atoms with Gasteiger partial charge in [-0.15, -0.1) is 0 Å². The molecule has 2 amide bonds. The lowest BCUT2D eigenvalue weighted by molar-refractivity contribution is -0.384. The summed E-state index contributed by atoms with van der Waals surface area (Å²) in [5.41, 5.74) is 2.40. The number of carbonyl (C=O) groups excluding carboxylic acids is 1. The number of nitrogens with one attached hydrogen (secondary N) is 2. The predicted octanol–water partition coefficient (Wildman–Crippen LogP) is 3.92. The van der Waals surface area contributed by atoms with Crippen LogP contribution in [-0.4, -0.2) is 17.5 Å². The largest absolute Gasteiger partial charge is 0.338 e. The van der Waals surface area contributed by atoms with Gasteiger partial charge in [0.05, 0.1) is 4.92 Å². The van der Waals surface area contributed by atoms with Crippen LogP contribution in [0, 0.1) is 17.0 Å². The summed E-state index contributed by atoms with van der Waals surface area (Å²) in [5, 5.41) is 16.1. The monoisotopic (exact) mass is 333 g/mol. The minimum atomic E-state index is -0.594. The zero-order valence-electron chi connectivity index (χ0n) is 12.5. The zero-order chi connectivity index (χ0) is 16.8. The van der Waals surface area contributed by atoms with Crippen molar-refractivity contribution >= 4 is 29.0 Å². The summed E-state index contributed by atoms with van der Waals surface area (Å²) in [6.45, 7) is 2.48. The van der Waals surface area contributed by atoms with E-state index in [4.69, 9.17) is 11.6 Å². The van der Waals surface area contributed by atoms with E-state index in [-0.39, 0.29) is 10.7 Å². The lowest BCUT2D eigenvalue weighted by Gasteiger charge is -2.09. The van der Waals surface area contributed by atoms with E-state index in [9.17, 15) is 14.9 Å². The van der Waals surface area contributed by atoms with Gasteiger partial charge in [-0.25, -0.2) is 4.79 Å². The van der Waals surface area contributed by atoms with Crippen molar-refractivity contribution in [3.8, 4) is 0 Å². The summed E-state index contributed by atoms with van der Waals surface area (Å²) in [7, 11) is 0. The lowest BCUT2D eigenvalue weighted by atomic mass is 10.1. The van der Waals surface area contributed by atoms with Gasteiger partial charge in [0.2, 0.25) is 0 Å². The Bertz CT molecular complexity index is 734. The number of nitrogens with zero attached hydrogens (tertiary/aromatic N) is 1. The lowest BCUT2D eigenvalue weighted by Crippen LogP contribution is -2.30. The third-order valence-corrected chi connectivity index (χ3v) is 3.66. The van der Waals surface area contributed by atoms with Gasteiger partial charge in [-0.1, -0.05) is 35.9 Å². The molecule has 0 aliphatic rings. The summed E-state index contributed by atoms with van der Waals surface area (Å²) in [5.74, 6) is 0. The first-order valence-corrected chi connectivity index (χ1v) is 7.38. The number of rotatable bonds is 5. The summed E-state index contributed by atoms with van der Waals surface area (Å²) in [6.07, 6.45) is 0.709. The van der Waals surface area contributed by atoms with Crippen LogP contribution >= 0.6 is 11.6 Å². The van der Waals surface area contributed by atoms with Crippen molar-refractivity contribution in [2.75, 3.05) is 11.9 Å². The Morgan fingerprint density at radius 1 is 1.26 bits per heavy atom. The highest BCUT2D eigenvalue weighted by molar-refractivity contribution is 6.32. The number of hydrogen-bond donors (Lipinski definition) is 2. The maximum atomic E-state index is 11.8. The molecule has 2 N–H and O–H groups in total. The summed E-state index contributed by atoms with van der Waals surface area (Å²) < 4.78 is 0. The maximum absolute atomic E-state index is 11.8. The molecule has 0 aromatic heterocycles. The van der Waals surface area contributed by atoms with Crippen LogP contribution < -0.4 is 10.6 Å². The minimum absolute atomic E-state index is 0.0283. The van der Waals surface area contributed by atoms with Crippen molar-refractivity contribution in [1.29, 1.82) is 0 Å². The number of urea groups is 1. The van der Waals surface area contributed by atoms with Crippen LogP contribution in [0.1, 0.15) is 11.1 Å². The Balaban J connectivity index is 1.89. The fourth-order valence-electron chi connectivity index (χ4n) is 2.11. The van der Waals surface area contributed by atoms with Crippen LogP contribution in [0.4, 0.5) is 16.2 Å². The fourth-order valence-corrected chi connectivity index (χ4v) is 2.29. The number of carbonyl (C=O) groups is 1. The van der Waals surface area contributed by atoms with Gasteiger partial charge in [-0.2, -0.15) is 0 Å². The molecular formula is C16H16ClN3O3. The van der Waals surface area contributed by atoms with Gasteiger partial charge in [0, 0.05) is 18.3 Å². The molecule has 0 bridgehead atoms. The second-order valence-corrected chi connectivity index (χ2v) is 5.39. The fraction of sp³-hybridized carbons (Fsp3) is 0.188. The van der Waals surface area contributed by atoms with E-state index in [2.05, 4.69) is 10.6 Å². The molecule has 0 atom stereocenters. The Kier molecular flexibility index (Phi) is 5.54. The zero-order valence-corrected chi connectivity index (χ0v) is 13.3. The van der Waals surface area contributed by atoms with Crippen molar-refractivity contribution in [1.82, 2.24) is 5.32 Å². The average Bonchev–Trinajstić information content (AvgIpc) is 2.51. The minimum Gasteiger partial charge on any atom is -0.338 e. The smallest absolute Gasteiger partial charge is 0.319 e. The number of halogens is 1. The first-order valence-electron chi connectivity index (χ1n) is 7.00. The van der Waals surface area contributed by atoms with Gasteiger partial charge < -0.3 is 10.6 Å². The molecule has 0 saturated carbocycles. The molecule has 0 radical (unpaired) electrons. The predicted molar refractivity (Wildman–Crippen MR) is 90.0 cm³/mol. The molecule has 0 fully saturated rings. The Morgan fingerprint density at radius 3 is 2.70 bits per heavy atom. The molecule has 2 aromatic rings. The van der Waals surface area contributed by atoms with Crippen molar-refractivity contribution in [2.24, 2.45) is 0 Å². The molecule has 23 heavy (non-hydrogen) atoms. The first kappa shape index (κ1) is 16.8. The molecular weight excluding hydrogens is 318 g/mol. The highest BCUT2D eigenvalue weighted by Gasteiger charge is 2.13. The molecule has 0 unspecified atom stereocenters. The van der Waals surface area contributed by atoms with Crippen LogP contribution in [0.25, 0.3) is 0 Å². The second kappa shape index (κ2) is 7.60. The Hall–Kier alpha value is -2.60. The van der Waals surface area contributed by atoms with Crippen LogP contribution in [0.2, 0.25) is 5.02 Å². The molecule has 0 spiro atoms. The SMILES string of the molecule is Cc1ccccc1CCNC(=O)Nc1ccc(Cl)c([N+](=O)[O-])c1. The third kappa shape index (κ3) is 4.69. The van der Waals surface area contributed by atoms with Gasteiger partial charge >= 0.3 is 6.03 Å². The van der Waals surface area contributed by atoms with Crippen LogP contribution in [0.15, 0.2) is 42.5 Å². The number of benzene rings is 2. The molecule has 6 nitrogen and oxygen atoms in total. The summed E-state index contributed by atoms with van der Waals surface area (Å²) >= 11 is 5.72. The highest BCUT2D eigenvalue weighted by Crippen LogP contribution is 2.27. The number of amides is 2. The van der Waals surface area contributed by atoms with E-state index in [1.165, 1.54) is 23.8 Å². The van der Waals surface area contributed by atoms with E-state index >= 15 is 0 Å². The van der Waals surface area contributed by atoms with E-state index in [1.54, 1.807) is 0 Å². The standard InChI is InChI=1S/C16H16ClN3O3/c1-11-4-2-3-5-12(11)8-9-18-16(21)19-13-6-7-14(17)15(10-13)20(22)23/h2-7,10H,8-9H2,1H3,(H2,18,19,21). The highest BCUT2D eigenvalue weighted by atomic mass is 35.5. The van der Waals surface area contributed by atoms with Gasteiger partial charge in [-0.3, -0.25) is 10.1 Å². The Labute approximate surface area is 138 Å². The van der Waals surface area contributed by atoms with Crippen molar-refractivity contribution < 1.29 is 9.72 Å². The van der Waals surface area contributed by atoms with E-state index in [0.29, 0.717) is 18.7 Å². The molecule has 2 aromatic carbocycles. The van der Waals surface area contributed by atoms with Crippen molar-refractivity contribution in [3.63, 3.8) is 0 Å². The molecule has 0 heterocycles. The van der Waals surface area contributed by atoms with E-state index < -0.39 is 11.0 Å². The van der Waals surface area contributed by atoms with Crippen molar-refractivity contribution in [2.45, 2.75) is 13.3 Å². The van der Waals surface area contributed by atoms with Crippen molar-refractivity contribution in [3.05, 3.63) is 68.7 Å². The third-order valence-electron chi connectivity index (χ3n) is 3.34. The molecule has 7 heteroatoms.